The van der Waals surface area contributed by atoms with Crippen LogP contribution in [0, 0.1) is 6.92 Å². The molecule has 0 fully saturated rings. The fourth-order valence-corrected chi connectivity index (χ4v) is 4.15. The molecule has 4 rings (SSSR count). The third-order valence-corrected chi connectivity index (χ3v) is 5.97. The predicted molar refractivity (Wildman–Crippen MR) is 126 cm³/mol. The predicted octanol–water partition coefficient (Wildman–Crippen LogP) is 4.02. The molecule has 35 heavy (non-hydrogen) atoms. The Balaban J connectivity index is 1.66. The smallest absolute Gasteiger partial charge is 0.351 e. The molecule has 2 heterocycles. The van der Waals surface area contributed by atoms with Crippen molar-refractivity contribution in [3.05, 3.63) is 70.5 Å². The van der Waals surface area contributed by atoms with Crippen LogP contribution in [0.4, 0.5) is 18.9 Å². The molecule has 0 spiro atoms. The van der Waals surface area contributed by atoms with Gasteiger partial charge in [-0.05, 0) is 49.7 Å². The minimum Gasteiger partial charge on any atom is -0.351 e. The summed E-state index contributed by atoms with van der Waals surface area (Å²) in [6.07, 6.45) is -4.75. The van der Waals surface area contributed by atoms with Gasteiger partial charge in [-0.3, -0.25) is 9.59 Å². The van der Waals surface area contributed by atoms with Gasteiger partial charge in [-0.25, -0.2) is 9.67 Å². The van der Waals surface area contributed by atoms with Crippen LogP contribution in [0.1, 0.15) is 33.7 Å². The molecule has 0 bridgehead atoms. The van der Waals surface area contributed by atoms with Crippen LogP contribution >= 0.6 is 11.3 Å². The lowest BCUT2D eigenvalue weighted by molar-refractivity contribution is -0.141. The van der Waals surface area contributed by atoms with Crippen molar-refractivity contribution in [2.75, 3.05) is 5.32 Å². The lowest BCUT2D eigenvalue weighted by Crippen LogP contribution is -2.37. The molecule has 182 valence electrons. The summed E-state index contributed by atoms with van der Waals surface area (Å²) < 4.78 is 42.2. The van der Waals surface area contributed by atoms with Gasteiger partial charge in [0, 0.05) is 18.3 Å². The number of hydrogen-bond donors (Lipinski definition) is 3. The molecule has 4 N–H and O–H groups in total. The number of nitrogens with two attached hydrogens (primary N) is 1. The largest absolute Gasteiger partial charge is 0.435 e. The number of alkyl halides is 3. The van der Waals surface area contributed by atoms with Crippen LogP contribution in [0.3, 0.4) is 0 Å². The summed E-state index contributed by atoms with van der Waals surface area (Å²) in [5.74, 6) is -1.14. The molecule has 0 aliphatic rings. The topological polar surface area (TPSA) is 115 Å². The zero-order valence-electron chi connectivity index (χ0n) is 18.7. The van der Waals surface area contributed by atoms with Crippen molar-refractivity contribution in [1.29, 1.82) is 0 Å². The van der Waals surface area contributed by atoms with E-state index in [0.717, 1.165) is 14.4 Å². The fourth-order valence-electron chi connectivity index (χ4n) is 3.34. The average Bonchev–Trinajstić information content (AvgIpc) is 3.40. The van der Waals surface area contributed by atoms with E-state index in [-0.39, 0.29) is 23.8 Å². The highest BCUT2D eigenvalue weighted by atomic mass is 32.1. The van der Waals surface area contributed by atoms with Gasteiger partial charge in [0.15, 0.2) is 5.69 Å². The first kappa shape index (κ1) is 24.4. The van der Waals surface area contributed by atoms with Crippen molar-refractivity contribution in [2.24, 2.45) is 5.73 Å². The summed E-state index contributed by atoms with van der Waals surface area (Å²) in [7, 11) is 0. The number of anilines is 1. The molecular formula is C23H21F3N6O2S. The van der Waals surface area contributed by atoms with Gasteiger partial charge in [0.05, 0.1) is 27.0 Å². The number of aryl methyl sites for hydroxylation is 1. The summed E-state index contributed by atoms with van der Waals surface area (Å²) >= 11 is 1.49. The van der Waals surface area contributed by atoms with Crippen LogP contribution in [-0.4, -0.2) is 32.6 Å². The lowest BCUT2D eigenvalue weighted by Gasteiger charge is -2.11. The zero-order chi connectivity index (χ0) is 25.3. The number of hydrogen-bond acceptors (Lipinski definition) is 6. The van der Waals surface area contributed by atoms with Crippen molar-refractivity contribution in [3.8, 4) is 5.69 Å². The first-order valence-electron chi connectivity index (χ1n) is 10.5. The van der Waals surface area contributed by atoms with Gasteiger partial charge >= 0.3 is 6.18 Å². The number of nitrogens with zero attached hydrogens (tertiary/aromatic N) is 3. The highest BCUT2D eigenvalue weighted by Crippen LogP contribution is 2.30. The summed E-state index contributed by atoms with van der Waals surface area (Å²) in [5.41, 5.74) is 5.91. The Morgan fingerprint density at radius 1 is 1.17 bits per heavy atom. The van der Waals surface area contributed by atoms with Gasteiger partial charge in [0.2, 0.25) is 5.91 Å². The Kier molecular flexibility index (Phi) is 6.59. The van der Waals surface area contributed by atoms with E-state index in [1.54, 1.807) is 30.3 Å². The van der Waals surface area contributed by atoms with Crippen LogP contribution in [0.2, 0.25) is 0 Å². The Labute approximate surface area is 202 Å². The highest BCUT2D eigenvalue weighted by Gasteiger charge is 2.36. The van der Waals surface area contributed by atoms with E-state index in [0.29, 0.717) is 22.8 Å². The fraction of sp³-hybridized carbons (Fsp3) is 0.217. The number of halogens is 3. The van der Waals surface area contributed by atoms with Crippen LogP contribution < -0.4 is 16.4 Å². The molecule has 8 nitrogen and oxygen atoms in total. The van der Waals surface area contributed by atoms with Crippen LogP contribution in [0.5, 0.6) is 0 Å². The SMILES string of the molecule is Cc1nc2cc(NC(=O)c3cc(C(F)(F)F)nn3-c3cccc(CNC(=O)[C@H](C)N)c3)ccc2s1. The Morgan fingerprint density at radius 2 is 1.94 bits per heavy atom. The lowest BCUT2D eigenvalue weighted by atomic mass is 10.2. The normalized spacial score (nSPS) is 12.5. The molecular weight excluding hydrogens is 481 g/mol. The van der Waals surface area contributed by atoms with E-state index in [4.69, 9.17) is 5.73 Å². The van der Waals surface area contributed by atoms with E-state index >= 15 is 0 Å². The molecule has 0 radical (unpaired) electrons. The van der Waals surface area contributed by atoms with Gasteiger partial charge in [0.25, 0.3) is 5.91 Å². The van der Waals surface area contributed by atoms with Crippen LogP contribution in [0.25, 0.3) is 15.9 Å². The standard InChI is InChI=1S/C23H21F3N6O2S/c1-12(27)21(33)28-11-14-4-3-5-16(8-14)32-18(10-20(31-32)23(24,25)26)22(34)30-15-6-7-19-17(9-15)29-13(2)35-19/h3-10,12H,11,27H2,1-2H3,(H,28,33)(H,30,34)/t12-/m0/s1. The van der Waals surface area contributed by atoms with E-state index in [9.17, 15) is 22.8 Å². The molecule has 0 saturated carbocycles. The minimum atomic E-state index is -4.75. The summed E-state index contributed by atoms with van der Waals surface area (Å²) in [5, 5.41) is 9.76. The molecule has 2 aromatic carbocycles. The third-order valence-electron chi connectivity index (χ3n) is 5.02. The Hall–Kier alpha value is -3.77. The van der Waals surface area contributed by atoms with Gasteiger partial charge in [-0.15, -0.1) is 11.3 Å². The number of carbonyl (C=O) groups excluding carboxylic acids is 2. The summed E-state index contributed by atoms with van der Waals surface area (Å²) in [4.78, 5) is 29.2. The zero-order valence-corrected chi connectivity index (χ0v) is 19.5. The molecule has 12 heteroatoms. The van der Waals surface area contributed by atoms with Gasteiger partial charge in [0.1, 0.15) is 5.69 Å². The number of benzene rings is 2. The quantitative estimate of drug-likeness (QED) is 0.368. The maximum atomic E-state index is 13.5. The number of carbonyl (C=O) groups is 2. The van der Waals surface area contributed by atoms with Crippen molar-refractivity contribution in [3.63, 3.8) is 0 Å². The number of rotatable bonds is 6. The average molecular weight is 503 g/mol. The number of nitrogens with one attached hydrogen (secondary N) is 2. The highest BCUT2D eigenvalue weighted by molar-refractivity contribution is 7.18. The molecule has 0 aliphatic heterocycles. The van der Waals surface area contributed by atoms with E-state index in [1.165, 1.54) is 30.4 Å². The van der Waals surface area contributed by atoms with E-state index < -0.39 is 23.8 Å². The second-order valence-electron chi connectivity index (χ2n) is 7.87. The van der Waals surface area contributed by atoms with E-state index in [2.05, 4.69) is 20.7 Å². The number of fused-ring (bicyclic) bond motifs is 1. The first-order valence-corrected chi connectivity index (χ1v) is 11.3. The number of aromatic nitrogens is 3. The molecule has 0 aliphatic carbocycles. The summed E-state index contributed by atoms with van der Waals surface area (Å²) in [6.45, 7) is 3.50. The Bertz CT molecular complexity index is 1410. The third kappa shape index (κ3) is 5.49. The molecule has 0 unspecified atom stereocenters. The second kappa shape index (κ2) is 9.47. The molecule has 2 aromatic heterocycles. The second-order valence-corrected chi connectivity index (χ2v) is 9.11. The van der Waals surface area contributed by atoms with Crippen LogP contribution in [0.15, 0.2) is 48.5 Å². The monoisotopic (exact) mass is 502 g/mol. The van der Waals surface area contributed by atoms with Gasteiger partial charge < -0.3 is 16.4 Å². The van der Waals surface area contributed by atoms with Crippen LogP contribution in [-0.2, 0) is 17.5 Å². The minimum absolute atomic E-state index is 0.107. The van der Waals surface area contributed by atoms with E-state index in [1.807, 2.05) is 6.92 Å². The van der Waals surface area contributed by atoms with Crippen molar-refractivity contribution in [2.45, 2.75) is 32.6 Å². The van der Waals surface area contributed by atoms with Crippen molar-refractivity contribution in [1.82, 2.24) is 20.1 Å². The molecule has 4 aromatic rings. The maximum Gasteiger partial charge on any atom is 0.435 e. The number of amides is 2. The molecule has 2 amide bonds. The maximum absolute atomic E-state index is 13.5. The number of thiazole rings is 1. The van der Waals surface area contributed by atoms with Gasteiger partial charge in [-0.1, -0.05) is 12.1 Å². The Morgan fingerprint density at radius 3 is 2.66 bits per heavy atom. The van der Waals surface area contributed by atoms with Crippen molar-refractivity contribution >= 4 is 39.1 Å². The summed E-state index contributed by atoms with van der Waals surface area (Å²) in [6, 6.07) is 11.4. The molecule has 1 atom stereocenters. The van der Waals surface area contributed by atoms with Crippen molar-refractivity contribution < 1.29 is 22.8 Å². The van der Waals surface area contributed by atoms with Gasteiger partial charge in [-0.2, -0.15) is 18.3 Å². The first-order chi connectivity index (χ1) is 16.5. The molecule has 0 saturated heterocycles.